The number of piperazine rings is 1. The Morgan fingerprint density at radius 2 is 1.74 bits per heavy atom. The van der Waals surface area contributed by atoms with Gasteiger partial charge in [-0.3, -0.25) is 14.5 Å². The first-order chi connectivity index (χ1) is 15.2. The van der Waals surface area contributed by atoms with Crippen molar-refractivity contribution >= 4 is 28.8 Å². The van der Waals surface area contributed by atoms with E-state index < -0.39 is 0 Å². The fourth-order valence-electron chi connectivity index (χ4n) is 3.28. The van der Waals surface area contributed by atoms with Gasteiger partial charge in [-0.1, -0.05) is 6.07 Å². The van der Waals surface area contributed by atoms with E-state index in [-0.39, 0.29) is 24.2 Å². The molecule has 1 aliphatic heterocycles. The summed E-state index contributed by atoms with van der Waals surface area (Å²) in [6.45, 7) is 3.84. The van der Waals surface area contributed by atoms with Gasteiger partial charge < -0.3 is 15.0 Å². The summed E-state index contributed by atoms with van der Waals surface area (Å²) in [6, 6.07) is 13.0. The van der Waals surface area contributed by atoms with Gasteiger partial charge in [0.1, 0.15) is 12.2 Å². The quantitative estimate of drug-likeness (QED) is 0.572. The summed E-state index contributed by atoms with van der Waals surface area (Å²) in [6.07, 6.45) is 3.02. The largest absolute Gasteiger partial charge is 0.424 e. The number of benzene rings is 1. The summed E-state index contributed by atoms with van der Waals surface area (Å²) < 4.78 is 5.52. The maximum atomic E-state index is 12.5. The molecule has 1 fully saturated rings. The average Bonchev–Trinajstić information content (AvgIpc) is 3.29. The van der Waals surface area contributed by atoms with E-state index in [1.165, 1.54) is 4.88 Å². The fourth-order valence-corrected chi connectivity index (χ4v) is 4.03. The molecule has 4 rings (SSSR count). The summed E-state index contributed by atoms with van der Waals surface area (Å²) >= 11 is 1.74. The molecule has 1 aromatic carbocycles. The van der Waals surface area contributed by atoms with Crippen LogP contribution < -0.4 is 10.1 Å². The molecule has 0 aliphatic carbocycles. The first-order valence-corrected chi connectivity index (χ1v) is 10.9. The molecule has 1 aliphatic rings. The Labute approximate surface area is 184 Å². The second-order valence-electron chi connectivity index (χ2n) is 7.12. The van der Waals surface area contributed by atoms with Gasteiger partial charge in [0, 0.05) is 55.7 Å². The van der Waals surface area contributed by atoms with Crippen molar-refractivity contribution in [2.45, 2.75) is 13.0 Å². The van der Waals surface area contributed by atoms with Crippen LogP contribution in [-0.4, -0.2) is 57.8 Å². The zero-order chi connectivity index (χ0) is 21.5. The maximum Gasteiger partial charge on any atom is 0.321 e. The first-order valence-electron chi connectivity index (χ1n) is 10.0. The van der Waals surface area contributed by atoms with Crippen molar-refractivity contribution in [1.82, 2.24) is 19.8 Å². The van der Waals surface area contributed by atoms with Gasteiger partial charge in [-0.15, -0.1) is 11.3 Å². The molecule has 8 nitrogen and oxygen atoms in total. The van der Waals surface area contributed by atoms with Crippen LogP contribution in [0.15, 0.2) is 60.2 Å². The van der Waals surface area contributed by atoms with Gasteiger partial charge >= 0.3 is 6.01 Å². The van der Waals surface area contributed by atoms with Crippen molar-refractivity contribution < 1.29 is 14.3 Å². The number of rotatable bonds is 7. The molecule has 0 radical (unpaired) electrons. The van der Waals surface area contributed by atoms with Crippen LogP contribution >= 0.6 is 11.3 Å². The number of aromatic nitrogens is 2. The van der Waals surface area contributed by atoms with E-state index in [9.17, 15) is 9.59 Å². The third-order valence-electron chi connectivity index (χ3n) is 4.89. The van der Waals surface area contributed by atoms with Crippen LogP contribution in [-0.2, 0) is 16.1 Å². The van der Waals surface area contributed by atoms with Gasteiger partial charge in [0.25, 0.3) is 0 Å². The smallest absolute Gasteiger partial charge is 0.321 e. The Hall–Kier alpha value is -3.30. The number of hydrogen-bond donors (Lipinski definition) is 1. The number of carbonyl (C=O) groups excluding carboxylic acids is 2. The van der Waals surface area contributed by atoms with Crippen LogP contribution in [0.25, 0.3) is 0 Å². The summed E-state index contributed by atoms with van der Waals surface area (Å²) in [4.78, 5) is 38.2. The Bertz CT molecular complexity index is 988. The highest BCUT2D eigenvalue weighted by Crippen LogP contribution is 2.20. The maximum absolute atomic E-state index is 12.5. The molecular weight excluding hydrogens is 414 g/mol. The molecular formula is C22H23N5O3S. The second kappa shape index (κ2) is 10.1. The van der Waals surface area contributed by atoms with Crippen molar-refractivity contribution in [2.24, 2.45) is 0 Å². The number of hydrogen-bond acceptors (Lipinski definition) is 7. The molecule has 31 heavy (non-hydrogen) atoms. The van der Waals surface area contributed by atoms with Crippen LogP contribution in [0.5, 0.6) is 11.8 Å². The molecule has 3 heterocycles. The summed E-state index contributed by atoms with van der Waals surface area (Å²) in [5.41, 5.74) is 0.597. The molecule has 0 spiro atoms. The molecule has 0 unspecified atom stereocenters. The van der Waals surface area contributed by atoms with Crippen molar-refractivity contribution in [1.29, 1.82) is 0 Å². The SMILES string of the molecule is O=C(CC(=O)N1CCN(Cc2cccs2)CC1)Nc1ccc(Oc2ncccn2)cc1. The highest BCUT2D eigenvalue weighted by molar-refractivity contribution is 7.09. The topological polar surface area (TPSA) is 87.7 Å². The van der Waals surface area contributed by atoms with Gasteiger partial charge in [0.05, 0.1) is 0 Å². The lowest BCUT2D eigenvalue weighted by atomic mass is 10.2. The number of nitrogens with zero attached hydrogens (tertiary/aromatic N) is 4. The van der Waals surface area contributed by atoms with Gasteiger partial charge in [-0.05, 0) is 41.8 Å². The normalized spacial score (nSPS) is 14.3. The minimum Gasteiger partial charge on any atom is -0.424 e. The van der Waals surface area contributed by atoms with Crippen molar-refractivity contribution in [3.8, 4) is 11.8 Å². The van der Waals surface area contributed by atoms with E-state index in [0.717, 1.165) is 19.6 Å². The highest BCUT2D eigenvalue weighted by atomic mass is 32.1. The number of ether oxygens (including phenoxy) is 1. The Morgan fingerprint density at radius 3 is 2.42 bits per heavy atom. The Morgan fingerprint density at radius 1 is 1.00 bits per heavy atom. The second-order valence-corrected chi connectivity index (χ2v) is 8.15. The van der Waals surface area contributed by atoms with Crippen LogP contribution in [0.4, 0.5) is 5.69 Å². The van der Waals surface area contributed by atoms with Crippen LogP contribution in [0.1, 0.15) is 11.3 Å². The lowest BCUT2D eigenvalue weighted by Crippen LogP contribution is -2.48. The summed E-state index contributed by atoms with van der Waals surface area (Å²) in [5, 5.41) is 4.83. The zero-order valence-corrected chi connectivity index (χ0v) is 17.8. The van der Waals surface area contributed by atoms with E-state index in [1.807, 2.05) is 0 Å². The average molecular weight is 438 g/mol. The van der Waals surface area contributed by atoms with Crippen molar-refractivity contribution in [2.75, 3.05) is 31.5 Å². The molecule has 1 N–H and O–H groups in total. The molecule has 3 aromatic rings. The predicted octanol–water partition coefficient (Wildman–Crippen LogP) is 3.00. The molecule has 0 bridgehead atoms. The van der Waals surface area contributed by atoms with Gasteiger partial charge in [-0.25, -0.2) is 9.97 Å². The minimum absolute atomic E-state index is 0.144. The lowest BCUT2D eigenvalue weighted by molar-refractivity contribution is -0.136. The van der Waals surface area contributed by atoms with Crippen molar-refractivity contribution in [3.05, 3.63) is 65.1 Å². The van der Waals surface area contributed by atoms with E-state index in [2.05, 4.69) is 37.7 Å². The number of anilines is 1. The van der Waals surface area contributed by atoms with Crippen molar-refractivity contribution in [3.63, 3.8) is 0 Å². The number of nitrogens with one attached hydrogen (secondary N) is 1. The van der Waals surface area contributed by atoms with E-state index in [1.54, 1.807) is 59.0 Å². The van der Waals surface area contributed by atoms with Gasteiger partial charge in [0.15, 0.2) is 0 Å². The third kappa shape index (κ3) is 6.09. The predicted molar refractivity (Wildman–Crippen MR) is 118 cm³/mol. The summed E-state index contributed by atoms with van der Waals surface area (Å²) in [5.74, 6) is 0.0845. The zero-order valence-electron chi connectivity index (χ0n) is 16.9. The molecule has 2 amide bonds. The number of amides is 2. The van der Waals surface area contributed by atoms with E-state index >= 15 is 0 Å². The number of carbonyl (C=O) groups is 2. The molecule has 2 aromatic heterocycles. The van der Waals surface area contributed by atoms with Crippen LogP contribution in [0.3, 0.4) is 0 Å². The molecule has 9 heteroatoms. The fraction of sp³-hybridized carbons (Fsp3) is 0.273. The van der Waals surface area contributed by atoms with Gasteiger partial charge in [-0.2, -0.15) is 0 Å². The molecule has 1 saturated heterocycles. The third-order valence-corrected chi connectivity index (χ3v) is 5.75. The highest BCUT2D eigenvalue weighted by Gasteiger charge is 2.23. The van der Waals surface area contributed by atoms with Gasteiger partial charge in [0.2, 0.25) is 11.8 Å². The van der Waals surface area contributed by atoms with E-state index in [4.69, 9.17) is 4.74 Å². The standard InChI is InChI=1S/C22H23N5O3S/c28-20(25-17-4-6-18(7-5-17)30-22-23-8-2-9-24-22)15-21(29)27-12-10-26(11-13-27)16-19-3-1-14-31-19/h1-9,14H,10-13,15-16H2,(H,25,28). The lowest BCUT2D eigenvalue weighted by Gasteiger charge is -2.34. The molecule has 160 valence electrons. The minimum atomic E-state index is -0.328. The number of thiophene rings is 1. The van der Waals surface area contributed by atoms with Crippen LogP contribution in [0.2, 0.25) is 0 Å². The van der Waals surface area contributed by atoms with E-state index in [0.29, 0.717) is 24.5 Å². The first kappa shape index (κ1) is 21.0. The monoisotopic (exact) mass is 437 g/mol. The Balaban J connectivity index is 1.21. The molecule has 0 atom stereocenters. The summed E-state index contributed by atoms with van der Waals surface area (Å²) in [7, 11) is 0. The van der Waals surface area contributed by atoms with Crippen LogP contribution in [0, 0.1) is 0 Å². The molecule has 0 saturated carbocycles. The Kier molecular flexibility index (Phi) is 6.85.